The Kier molecular flexibility index (Phi) is 6.61. The number of rotatable bonds is 7. The Morgan fingerprint density at radius 3 is 2.61 bits per heavy atom. The second-order valence-corrected chi connectivity index (χ2v) is 9.24. The largest absolute Gasteiger partial charge is 0.356 e. The van der Waals surface area contributed by atoms with Gasteiger partial charge in [0.05, 0.1) is 0 Å². The minimum absolute atomic E-state index is 0.0659. The highest BCUT2D eigenvalue weighted by atomic mass is 32.2. The normalized spacial score (nSPS) is 16.7. The van der Waals surface area contributed by atoms with E-state index in [2.05, 4.69) is 5.32 Å². The van der Waals surface area contributed by atoms with Crippen molar-refractivity contribution in [1.82, 2.24) is 9.62 Å². The molecule has 0 spiro atoms. The lowest BCUT2D eigenvalue weighted by Crippen LogP contribution is -2.40. The molecule has 1 saturated carbocycles. The van der Waals surface area contributed by atoms with Crippen LogP contribution in [0.2, 0.25) is 0 Å². The molecule has 1 aliphatic carbocycles. The molecule has 130 valence electrons. The lowest BCUT2D eigenvalue weighted by molar-refractivity contribution is -0.118. The molecule has 0 unspecified atom stereocenters. The fraction of sp³-hybridized carbons (Fsp3) is 0.688. The molecule has 0 saturated heterocycles. The molecule has 0 atom stereocenters. The molecule has 0 aliphatic heterocycles. The molecule has 7 heteroatoms. The van der Waals surface area contributed by atoms with Crippen LogP contribution in [0.5, 0.6) is 0 Å². The first-order valence-electron chi connectivity index (χ1n) is 8.30. The van der Waals surface area contributed by atoms with Crippen molar-refractivity contribution in [2.24, 2.45) is 0 Å². The predicted octanol–water partition coefficient (Wildman–Crippen LogP) is 2.77. The maximum atomic E-state index is 12.9. The van der Waals surface area contributed by atoms with Gasteiger partial charge >= 0.3 is 0 Å². The monoisotopic (exact) mass is 358 g/mol. The van der Waals surface area contributed by atoms with Crippen LogP contribution in [0.15, 0.2) is 16.3 Å². The van der Waals surface area contributed by atoms with Crippen LogP contribution in [0.25, 0.3) is 0 Å². The van der Waals surface area contributed by atoms with Crippen LogP contribution < -0.4 is 5.32 Å². The fourth-order valence-corrected chi connectivity index (χ4v) is 6.28. The molecule has 0 bridgehead atoms. The third-order valence-corrected chi connectivity index (χ3v) is 7.88. The third kappa shape index (κ3) is 4.78. The summed E-state index contributed by atoms with van der Waals surface area (Å²) < 4.78 is 27.9. The molecule has 2 rings (SSSR count). The summed E-state index contributed by atoms with van der Waals surface area (Å²) in [5, 5.41) is 2.74. The van der Waals surface area contributed by atoms with Gasteiger partial charge in [-0.15, -0.1) is 11.3 Å². The highest BCUT2D eigenvalue weighted by molar-refractivity contribution is 7.91. The van der Waals surface area contributed by atoms with E-state index >= 15 is 0 Å². The van der Waals surface area contributed by atoms with Gasteiger partial charge in [-0.05, 0) is 31.4 Å². The van der Waals surface area contributed by atoms with E-state index in [-0.39, 0.29) is 11.9 Å². The first-order valence-corrected chi connectivity index (χ1v) is 10.6. The zero-order valence-electron chi connectivity index (χ0n) is 13.9. The van der Waals surface area contributed by atoms with Gasteiger partial charge in [0.15, 0.2) is 0 Å². The Morgan fingerprint density at radius 1 is 1.30 bits per heavy atom. The van der Waals surface area contributed by atoms with Crippen molar-refractivity contribution in [2.75, 3.05) is 13.1 Å². The van der Waals surface area contributed by atoms with E-state index in [1.54, 1.807) is 10.4 Å². The lowest BCUT2D eigenvalue weighted by atomic mass is 9.95. The van der Waals surface area contributed by atoms with E-state index in [9.17, 15) is 13.2 Å². The van der Waals surface area contributed by atoms with Crippen LogP contribution in [0, 0.1) is 0 Å². The molecule has 1 amide bonds. The second-order valence-electron chi connectivity index (χ2n) is 5.95. The number of nitrogens with one attached hydrogen (secondary N) is 1. The van der Waals surface area contributed by atoms with Gasteiger partial charge < -0.3 is 5.32 Å². The van der Waals surface area contributed by atoms with Gasteiger partial charge in [0.2, 0.25) is 5.91 Å². The van der Waals surface area contributed by atoms with Crippen molar-refractivity contribution in [3.63, 3.8) is 0 Å². The molecule has 1 heterocycles. The van der Waals surface area contributed by atoms with Gasteiger partial charge in [-0.25, -0.2) is 8.42 Å². The van der Waals surface area contributed by atoms with E-state index in [0.29, 0.717) is 23.7 Å². The molecule has 1 aromatic heterocycles. The maximum absolute atomic E-state index is 12.9. The Hall–Kier alpha value is -0.920. The van der Waals surface area contributed by atoms with Crippen molar-refractivity contribution in [3.8, 4) is 0 Å². The highest BCUT2D eigenvalue weighted by Gasteiger charge is 2.32. The van der Waals surface area contributed by atoms with Crippen molar-refractivity contribution in [3.05, 3.63) is 17.0 Å². The van der Waals surface area contributed by atoms with Gasteiger partial charge in [-0.3, -0.25) is 4.79 Å². The molecular weight excluding hydrogens is 332 g/mol. The minimum atomic E-state index is -3.41. The number of amides is 1. The number of thiophene rings is 1. The Balaban J connectivity index is 2.08. The van der Waals surface area contributed by atoms with Gasteiger partial charge in [-0.2, -0.15) is 4.31 Å². The van der Waals surface area contributed by atoms with Gasteiger partial charge in [0.1, 0.15) is 4.21 Å². The summed E-state index contributed by atoms with van der Waals surface area (Å²) in [6.07, 6.45) is 6.03. The van der Waals surface area contributed by atoms with Gasteiger partial charge in [0.25, 0.3) is 10.0 Å². The number of hydrogen-bond donors (Lipinski definition) is 1. The average molecular weight is 359 g/mol. The molecule has 1 aliphatic rings. The van der Waals surface area contributed by atoms with Crippen molar-refractivity contribution in [1.29, 1.82) is 0 Å². The number of hydrogen-bond acceptors (Lipinski definition) is 4. The van der Waals surface area contributed by atoms with E-state index in [0.717, 1.165) is 30.6 Å². The summed E-state index contributed by atoms with van der Waals surface area (Å²) in [5.41, 5.74) is 0. The van der Waals surface area contributed by atoms with Crippen LogP contribution in [0.3, 0.4) is 0 Å². The zero-order chi connectivity index (χ0) is 16.9. The summed E-state index contributed by atoms with van der Waals surface area (Å²) in [7, 11) is -3.41. The molecule has 5 nitrogen and oxygen atoms in total. The first-order chi connectivity index (χ1) is 10.9. The summed E-state index contributed by atoms with van der Waals surface area (Å²) >= 11 is 1.32. The summed E-state index contributed by atoms with van der Waals surface area (Å²) in [5.74, 6) is -0.0659. The molecule has 1 N–H and O–H groups in total. The smallest absolute Gasteiger partial charge is 0.252 e. The van der Waals surface area contributed by atoms with Crippen molar-refractivity contribution < 1.29 is 13.2 Å². The Morgan fingerprint density at radius 2 is 2.00 bits per heavy atom. The summed E-state index contributed by atoms with van der Waals surface area (Å²) in [4.78, 5) is 11.9. The first kappa shape index (κ1) is 18.4. The standard InChI is InChI=1S/C16H26N2O3S2/c1-3-18(14-7-5-4-6-8-14)23(20,21)16-10-9-15(22-16)11-12-17-13(2)19/h9-10,14H,3-8,11-12H2,1-2H3,(H,17,19). The zero-order valence-corrected chi connectivity index (χ0v) is 15.5. The van der Waals surface area contributed by atoms with Crippen LogP contribution in [0.4, 0.5) is 0 Å². The quantitative estimate of drug-likeness (QED) is 0.815. The lowest BCUT2D eigenvalue weighted by Gasteiger charge is -2.32. The number of sulfonamides is 1. The SMILES string of the molecule is CCN(C1CCCCC1)S(=O)(=O)c1ccc(CCNC(C)=O)s1. The number of carbonyl (C=O) groups excluding carboxylic acids is 1. The van der Waals surface area contributed by atoms with Crippen molar-refractivity contribution in [2.45, 2.75) is 62.6 Å². The molecular formula is C16H26N2O3S2. The van der Waals surface area contributed by atoms with E-state index in [1.165, 1.54) is 24.7 Å². The van der Waals surface area contributed by atoms with E-state index < -0.39 is 10.0 Å². The van der Waals surface area contributed by atoms with Crippen LogP contribution in [0.1, 0.15) is 50.8 Å². The van der Waals surface area contributed by atoms with Crippen LogP contribution in [-0.4, -0.2) is 37.8 Å². The molecule has 23 heavy (non-hydrogen) atoms. The fourth-order valence-electron chi connectivity index (χ4n) is 3.10. The predicted molar refractivity (Wildman–Crippen MR) is 93.1 cm³/mol. The minimum Gasteiger partial charge on any atom is -0.356 e. The molecule has 1 fully saturated rings. The van der Waals surface area contributed by atoms with Crippen molar-refractivity contribution >= 4 is 27.3 Å². The maximum Gasteiger partial charge on any atom is 0.252 e. The van der Waals surface area contributed by atoms with E-state index in [4.69, 9.17) is 0 Å². The summed E-state index contributed by atoms with van der Waals surface area (Å²) in [6, 6.07) is 3.70. The number of nitrogens with zero attached hydrogens (tertiary/aromatic N) is 1. The topological polar surface area (TPSA) is 66.5 Å². The van der Waals surface area contributed by atoms with Crippen LogP contribution >= 0.6 is 11.3 Å². The average Bonchev–Trinajstić information content (AvgIpc) is 2.98. The molecule has 0 radical (unpaired) electrons. The Labute approximate surface area is 143 Å². The highest BCUT2D eigenvalue weighted by Crippen LogP contribution is 2.30. The Bertz CT molecular complexity index is 619. The second kappa shape index (κ2) is 8.26. The van der Waals surface area contributed by atoms with Gasteiger partial charge in [0, 0.05) is 30.9 Å². The molecule has 0 aromatic carbocycles. The van der Waals surface area contributed by atoms with Gasteiger partial charge in [-0.1, -0.05) is 26.2 Å². The molecule has 1 aromatic rings. The van der Waals surface area contributed by atoms with E-state index in [1.807, 2.05) is 13.0 Å². The van der Waals surface area contributed by atoms with Crippen LogP contribution in [-0.2, 0) is 21.2 Å². The summed E-state index contributed by atoms with van der Waals surface area (Å²) in [6.45, 7) is 4.45. The third-order valence-electron chi connectivity index (χ3n) is 4.24. The number of carbonyl (C=O) groups is 1.